The van der Waals surface area contributed by atoms with Gasteiger partial charge in [0.2, 0.25) is 5.91 Å². The summed E-state index contributed by atoms with van der Waals surface area (Å²) < 4.78 is 5.36. The van der Waals surface area contributed by atoms with Gasteiger partial charge >= 0.3 is 0 Å². The number of benzene rings is 2. The highest BCUT2D eigenvalue weighted by Crippen LogP contribution is 2.32. The number of rotatable bonds is 5. The van der Waals surface area contributed by atoms with Gasteiger partial charge in [-0.05, 0) is 50.1 Å². The van der Waals surface area contributed by atoms with Crippen molar-refractivity contribution in [1.82, 2.24) is 5.32 Å². The second-order valence-electron chi connectivity index (χ2n) is 8.36. The number of hydrogen-bond donors (Lipinski definition) is 2. The molecule has 1 aliphatic rings. The molecule has 0 saturated carbocycles. The minimum absolute atomic E-state index is 0.0790. The lowest BCUT2D eigenvalue weighted by Gasteiger charge is -2.35. The number of nitrogens with one attached hydrogen (secondary N) is 2. The zero-order valence-corrected chi connectivity index (χ0v) is 17.6. The number of methoxy groups -OCH3 is 1. The Morgan fingerprint density at radius 1 is 1.17 bits per heavy atom. The van der Waals surface area contributed by atoms with Crippen molar-refractivity contribution in [2.45, 2.75) is 39.7 Å². The van der Waals surface area contributed by atoms with Crippen LogP contribution in [0, 0.1) is 5.92 Å². The van der Waals surface area contributed by atoms with Gasteiger partial charge in [0.05, 0.1) is 7.11 Å². The van der Waals surface area contributed by atoms with Crippen LogP contribution in [0.15, 0.2) is 48.5 Å². The Hall–Kier alpha value is -3.08. The van der Waals surface area contributed by atoms with Crippen molar-refractivity contribution in [2.24, 2.45) is 5.92 Å². The molecular formula is C24H28N2O3. The zero-order chi connectivity index (χ0) is 21.2. The summed E-state index contributed by atoms with van der Waals surface area (Å²) in [6.07, 6.45) is 2.48. The Labute approximate surface area is 172 Å². The van der Waals surface area contributed by atoms with E-state index in [1.165, 1.54) is 5.56 Å². The van der Waals surface area contributed by atoms with E-state index in [4.69, 9.17) is 4.74 Å². The third-order valence-corrected chi connectivity index (χ3v) is 4.93. The molecule has 0 radical (unpaired) electrons. The Bertz CT molecular complexity index is 974. The number of hydrogen-bond acceptors (Lipinski definition) is 4. The minimum atomic E-state index is -0.166. The van der Waals surface area contributed by atoms with Crippen molar-refractivity contribution in [3.8, 4) is 5.75 Å². The highest BCUT2D eigenvalue weighted by atomic mass is 16.5. The molecule has 0 atom stereocenters. The molecule has 2 aromatic rings. The molecule has 0 aliphatic carbocycles. The molecule has 2 aromatic carbocycles. The summed E-state index contributed by atoms with van der Waals surface area (Å²) in [4.78, 5) is 24.9. The maximum atomic E-state index is 13.0. The van der Waals surface area contributed by atoms with Crippen molar-refractivity contribution in [3.05, 3.63) is 65.2 Å². The SMILES string of the molecule is COc1ccc2c(c1)C(=CC(=O)c1cccc(NC(=O)C(C)C)c1)NC(C)(C)C2. The van der Waals surface area contributed by atoms with E-state index in [0.29, 0.717) is 11.3 Å². The smallest absolute Gasteiger partial charge is 0.226 e. The van der Waals surface area contributed by atoms with E-state index in [1.54, 1.807) is 37.5 Å². The maximum absolute atomic E-state index is 13.0. The average Bonchev–Trinajstić information content (AvgIpc) is 2.67. The number of allylic oxidation sites excluding steroid dienone is 1. The summed E-state index contributed by atoms with van der Waals surface area (Å²) >= 11 is 0. The molecule has 152 valence electrons. The van der Waals surface area contributed by atoms with Crippen LogP contribution in [0.2, 0.25) is 0 Å². The van der Waals surface area contributed by atoms with Crippen molar-refractivity contribution in [3.63, 3.8) is 0 Å². The van der Waals surface area contributed by atoms with Crippen LogP contribution >= 0.6 is 0 Å². The summed E-state index contributed by atoms with van der Waals surface area (Å²) in [7, 11) is 1.63. The van der Waals surface area contributed by atoms with E-state index in [-0.39, 0.29) is 23.1 Å². The highest BCUT2D eigenvalue weighted by Gasteiger charge is 2.28. The molecule has 1 aliphatic heterocycles. The maximum Gasteiger partial charge on any atom is 0.226 e. The third-order valence-electron chi connectivity index (χ3n) is 4.93. The van der Waals surface area contributed by atoms with Crippen LogP contribution < -0.4 is 15.4 Å². The zero-order valence-electron chi connectivity index (χ0n) is 17.6. The van der Waals surface area contributed by atoms with Gasteiger partial charge in [0.15, 0.2) is 5.78 Å². The van der Waals surface area contributed by atoms with E-state index in [9.17, 15) is 9.59 Å². The van der Waals surface area contributed by atoms with E-state index in [1.807, 2.05) is 26.0 Å². The summed E-state index contributed by atoms with van der Waals surface area (Å²) in [5, 5.41) is 6.32. The lowest BCUT2D eigenvalue weighted by molar-refractivity contribution is -0.118. The molecule has 29 heavy (non-hydrogen) atoms. The second kappa shape index (κ2) is 8.11. The molecule has 0 unspecified atom stereocenters. The third kappa shape index (κ3) is 4.86. The minimum Gasteiger partial charge on any atom is -0.497 e. The first-order valence-electron chi connectivity index (χ1n) is 9.81. The van der Waals surface area contributed by atoms with Crippen LogP contribution in [-0.2, 0) is 11.2 Å². The fourth-order valence-corrected chi connectivity index (χ4v) is 3.40. The molecule has 5 nitrogen and oxygen atoms in total. The fraction of sp³-hybridized carbons (Fsp3) is 0.333. The van der Waals surface area contributed by atoms with Crippen LogP contribution in [0.25, 0.3) is 5.70 Å². The van der Waals surface area contributed by atoms with Gasteiger partial charge in [-0.15, -0.1) is 0 Å². The molecule has 0 spiro atoms. The van der Waals surface area contributed by atoms with Gasteiger partial charge < -0.3 is 15.4 Å². The van der Waals surface area contributed by atoms with Crippen LogP contribution in [0.4, 0.5) is 5.69 Å². The molecule has 2 N–H and O–H groups in total. The first-order chi connectivity index (χ1) is 13.7. The number of carbonyl (C=O) groups excluding carboxylic acids is 2. The van der Waals surface area contributed by atoms with E-state index in [0.717, 1.165) is 23.4 Å². The molecule has 0 fully saturated rings. The van der Waals surface area contributed by atoms with Gasteiger partial charge in [0.25, 0.3) is 0 Å². The Balaban J connectivity index is 1.94. The van der Waals surface area contributed by atoms with Gasteiger partial charge in [-0.1, -0.05) is 32.0 Å². The number of carbonyl (C=O) groups is 2. The predicted molar refractivity (Wildman–Crippen MR) is 116 cm³/mol. The number of ketones is 1. The van der Waals surface area contributed by atoms with Gasteiger partial charge in [-0.3, -0.25) is 9.59 Å². The molecule has 0 aromatic heterocycles. The van der Waals surface area contributed by atoms with Crippen LogP contribution in [0.5, 0.6) is 5.75 Å². The van der Waals surface area contributed by atoms with Crippen molar-refractivity contribution in [1.29, 1.82) is 0 Å². The molecule has 1 amide bonds. The Kier molecular flexibility index (Phi) is 5.78. The normalized spacial score (nSPS) is 16.1. The second-order valence-corrected chi connectivity index (χ2v) is 8.36. The first kappa shape index (κ1) is 20.6. The molecule has 5 heteroatoms. The van der Waals surface area contributed by atoms with Crippen LogP contribution in [0.3, 0.4) is 0 Å². The standard InChI is InChI=1S/C24H28N2O3/c1-15(2)23(28)25-18-8-6-7-16(11-18)22(27)13-21-20-12-19(29-5)10-9-17(20)14-24(3,4)26-21/h6-13,15,26H,14H2,1-5H3,(H,25,28). The number of anilines is 1. The van der Waals surface area contributed by atoms with Gasteiger partial charge in [0, 0.05) is 40.0 Å². The number of fused-ring (bicyclic) bond motifs is 1. The first-order valence-corrected chi connectivity index (χ1v) is 9.81. The summed E-state index contributed by atoms with van der Waals surface area (Å²) in [5.74, 6) is 0.419. The highest BCUT2D eigenvalue weighted by molar-refractivity contribution is 6.09. The van der Waals surface area contributed by atoms with Crippen molar-refractivity contribution in [2.75, 3.05) is 12.4 Å². The van der Waals surface area contributed by atoms with Crippen LogP contribution in [-0.4, -0.2) is 24.3 Å². The summed E-state index contributed by atoms with van der Waals surface area (Å²) in [5.41, 5.74) is 3.89. The number of ether oxygens (including phenoxy) is 1. The van der Waals surface area contributed by atoms with Crippen LogP contribution in [0.1, 0.15) is 49.2 Å². The quantitative estimate of drug-likeness (QED) is 0.583. The summed E-state index contributed by atoms with van der Waals surface area (Å²) in [6, 6.07) is 13.0. The topological polar surface area (TPSA) is 67.4 Å². The van der Waals surface area contributed by atoms with E-state index >= 15 is 0 Å². The monoisotopic (exact) mass is 392 g/mol. The number of amides is 1. The van der Waals surface area contributed by atoms with Gasteiger partial charge in [0.1, 0.15) is 5.75 Å². The molecule has 0 saturated heterocycles. The predicted octanol–water partition coefficient (Wildman–Crippen LogP) is 4.44. The summed E-state index contributed by atoms with van der Waals surface area (Å²) in [6.45, 7) is 7.88. The molecule has 1 heterocycles. The van der Waals surface area contributed by atoms with Gasteiger partial charge in [-0.2, -0.15) is 0 Å². The lowest BCUT2D eigenvalue weighted by Crippen LogP contribution is -2.43. The Morgan fingerprint density at radius 3 is 2.62 bits per heavy atom. The van der Waals surface area contributed by atoms with Gasteiger partial charge in [-0.25, -0.2) is 0 Å². The largest absolute Gasteiger partial charge is 0.497 e. The van der Waals surface area contributed by atoms with Crippen molar-refractivity contribution >= 4 is 23.1 Å². The fourth-order valence-electron chi connectivity index (χ4n) is 3.40. The molecule has 0 bridgehead atoms. The van der Waals surface area contributed by atoms with E-state index < -0.39 is 0 Å². The average molecular weight is 392 g/mol. The molecular weight excluding hydrogens is 364 g/mol. The lowest BCUT2D eigenvalue weighted by atomic mass is 9.85. The Morgan fingerprint density at radius 2 is 1.93 bits per heavy atom. The van der Waals surface area contributed by atoms with E-state index in [2.05, 4.69) is 30.5 Å². The molecule has 3 rings (SSSR count). The van der Waals surface area contributed by atoms with Crippen molar-refractivity contribution < 1.29 is 14.3 Å².